The Balaban J connectivity index is 2.46. The summed E-state index contributed by atoms with van der Waals surface area (Å²) < 4.78 is 6.72. The van der Waals surface area contributed by atoms with Gasteiger partial charge in [0.25, 0.3) is 0 Å². The second-order valence-electron chi connectivity index (χ2n) is 6.00. The summed E-state index contributed by atoms with van der Waals surface area (Å²) in [7, 11) is 5.55. The Labute approximate surface area is 140 Å². The van der Waals surface area contributed by atoms with Crippen LogP contribution in [0.2, 0.25) is 0 Å². The third kappa shape index (κ3) is 3.93. The van der Waals surface area contributed by atoms with Gasteiger partial charge in [-0.05, 0) is 44.3 Å². The minimum Gasteiger partial charge on any atom is -0.497 e. The predicted octanol–water partition coefficient (Wildman–Crippen LogP) is 1.20. The number of hydrogen-bond donors (Lipinski definition) is 2. The van der Waals surface area contributed by atoms with Crippen molar-refractivity contribution >= 4 is 22.8 Å². The highest BCUT2D eigenvalue weighted by atomic mass is 16.5. The average molecular weight is 333 g/mol. The van der Waals surface area contributed by atoms with E-state index in [4.69, 9.17) is 15.6 Å². The first-order valence-electron chi connectivity index (χ1n) is 7.67. The number of aromatic nitrogens is 1. The van der Waals surface area contributed by atoms with Gasteiger partial charge < -0.3 is 20.5 Å². The molecule has 2 rings (SSSR count). The van der Waals surface area contributed by atoms with Crippen LogP contribution in [0.15, 0.2) is 24.4 Å². The lowest BCUT2D eigenvalue weighted by Crippen LogP contribution is -2.36. The Morgan fingerprint density at radius 2 is 2.08 bits per heavy atom. The van der Waals surface area contributed by atoms with Crippen molar-refractivity contribution in [2.24, 2.45) is 5.73 Å². The Morgan fingerprint density at radius 3 is 2.67 bits per heavy atom. The maximum absolute atomic E-state index is 12.5. The summed E-state index contributed by atoms with van der Waals surface area (Å²) in [5.74, 6) is -0.820. The number of benzene rings is 1. The lowest BCUT2D eigenvalue weighted by molar-refractivity contribution is -0.137. The minimum atomic E-state index is -1.10. The van der Waals surface area contributed by atoms with E-state index < -0.39 is 24.3 Å². The van der Waals surface area contributed by atoms with Crippen LogP contribution in [0.3, 0.4) is 0 Å². The molecule has 1 atom stereocenters. The highest BCUT2D eigenvalue weighted by Gasteiger charge is 2.22. The minimum absolute atomic E-state index is 0.401. The van der Waals surface area contributed by atoms with Crippen LogP contribution in [0.1, 0.15) is 16.8 Å². The molecule has 0 fully saturated rings. The molecule has 0 saturated heterocycles. The normalized spacial score (nSPS) is 12.5. The van der Waals surface area contributed by atoms with Gasteiger partial charge in [0.15, 0.2) is 0 Å². The first-order valence-corrected chi connectivity index (χ1v) is 7.67. The molecular weight excluding hydrogens is 310 g/mol. The smallest absolute Gasteiger partial charge is 0.305 e. The zero-order chi connectivity index (χ0) is 17.9. The van der Waals surface area contributed by atoms with Crippen LogP contribution in [-0.4, -0.2) is 60.2 Å². The number of nitrogens with two attached hydrogens (primary N) is 1. The molecule has 0 aliphatic heterocycles. The molecule has 0 radical (unpaired) electrons. The zero-order valence-electron chi connectivity index (χ0n) is 14.2. The fourth-order valence-corrected chi connectivity index (χ4v) is 2.58. The summed E-state index contributed by atoms with van der Waals surface area (Å²) in [4.78, 5) is 25.4. The van der Waals surface area contributed by atoms with E-state index in [9.17, 15) is 9.59 Å². The maximum atomic E-state index is 12.5. The quantitative estimate of drug-likeness (QED) is 0.790. The van der Waals surface area contributed by atoms with Gasteiger partial charge >= 0.3 is 5.97 Å². The lowest BCUT2D eigenvalue weighted by atomic mass is 10.1. The lowest BCUT2D eigenvalue weighted by Gasteiger charge is -2.10. The van der Waals surface area contributed by atoms with Gasteiger partial charge in [0.05, 0.1) is 25.1 Å². The van der Waals surface area contributed by atoms with Crippen molar-refractivity contribution in [1.82, 2.24) is 9.47 Å². The second-order valence-corrected chi connectivity index (χ2v) is 6.00. The number of aliphatic carboxylic acids is 1. The molecular formula is C17H23N3O4. The molecule has 0 amide bonds. The second kappa shape index (κ2) is 7.46. The van der Waals surface area contributed by atoms with E-state index in [0.717, 1.165) is 23.9 Å². The van der Waals surface area contributed by atoms with Crippen LogP contribution in [0.4, 0.5) is 0 Å². The third-order valence-electron chi connectivity index (χ3n) is 3.87. The largest absolute Gasteiger partial charge is 0.497 e. The first-order chi connectivity index (χ1) is 11.3. The Morgan fingerprint density at radius 1 is 1.38 bits per heavy atom. The van der Waals surface area contributed by atoms with Gasteiger partial charge in [-0.25, -0.2) is 0 Å². The van der Waals surface area contributed by atoms with Crippen molar-refractivity contribution in [3.05, 3.63) is 30.0 Å². The number of carboxylic acids is 1. The van der Waals surface area contributed by atoms with Crippen LogP contribution >= 0.6 is 0 Å². The van der Waals surface area contributed by atoms with Gasteiger partial charge in [-0.2, -0.15) is 0 Å². The van der Waals surface area contributed by atoms with Crippen LogP contribution in [-0.2, 0) is 11.2 Å². The third-order valence-corrected chi connectivity index (χ3v) is 3.87. The van der Waals surface area contributed by atoms with E-state index in [-0.39, 0.29) is 0 Å². The zero-order valence-corrected chi connectivity index (χ0v) is 14.2. The molecule has 130 valence electrons. The number of carboxylic acid groups (broad SMARTS) is 1. The summed E-state index contributed by atoms with van der Waals surface area (Å²) in [5, 5.41) is 9.76. The fourth-order valence-electron chi connectivity index (χ4n) is 2.58. The van der Waals surface area contributed by atoms with Gasteiger partial charge in [-0.3, -0.25) is 14.2 Å². The highest BCUT2D eigenvalue weighted by molar-refractivity contribution is 5.98. The monoisotopic (exact) mass is 333 g/mol. The van der Waals surface area contributed by atoms with Crippen molar-refractivity contribution in [3.8, 4) is 5.75 Å². The maximum Gasteiger partial charge on any atom is 0.305 e. The van der Waals surface area contributed by atoms with Crippen LogP contribution in [0, 0.1) is 0 Å². The van der Waals surface area contributed by atoms with E-state index in [1.54, 1.807) is 25.4 Å². The van der Waals surface area contributed by atoms with Crippen LogP contribution in [0.25, 0.3) is 10.9 Å². The summed E-state index contributed by atoms with van der Waals surface area (Å²) in [5.41, 5.74) is 7.44. The SMILES string of the molecule is COc1ccc2c(c1)c(CCN(C)C)cn2C(=O)C(N)CC(=O)O. The number of hydrogen-bond acceptors (Lipinski definition) is 5. The number of rotatable bonds is 7. The van der Waals surface area contributed by atoms with Gasteiger partial charge in [-0.1, -0.05) is 0 Å². The number of carbonyl (C=O) groups is 2. The summed E-state index contributed by atoms with van der Waals surface area (Å²) in [6.45, 7) is 0.825. The van der Waals surface area contributed by atoms with E-state index in [1.165, 1.54) is 4.57 Å². The molecule has 2 aromatic rings. The number of likely N-dealkylation sites (N-methyl/N-ethyl adjacent to an activating group) is 1. The van der Waals surface area contributed by atoms with Crippen molar-refractivity contribution in [2.75, 3.05) is 27.7 Å². The molecule has 0 saturated carbocycles. The standard InChI is InChI=1S/C17H23N3O4/c1-19(2)7-6-11-10-20(17(23)14(18)9-16(21)22)15-5-4-12(24-3)8-13(11)15/h4-5,8,10,14H,6-7,9,18H2,1-3H3,(H,21,22). The molecule has 0 bridgehead atoms. The summed E-state index contributed by atoms with van der Waals surface area (Å²) >= 11 is 0. The van der Waals surface area contributed by atoms with Gasteiger partial charge in [0.2, 0.25) is 5.91 Å². The molecule has 0 aliphatic rings. The molecule has 1 aromatic carbocycles. The summed E-state index contributed by atoms with van der Waals surface area (Å²) in [6.07, 6.45) is 2.10. The highest BCUT2D eigenvalue weighted by Crippen LogP contribution is 2.27. The number of fused-ring (bicyclic) bond motifs is 1. The number of methoxy groups -OCH3 is 1. The first kappa shape index (κ1) is 18.0. The van der Waals surface area contributed by atoms with Crippen molar-refractivity contribution in [3.63, 3.8) is 0 Å². The molecule has 24 heavy (non-hydrogen) atoms. The molecule has 3 N–H and O–H groups in total. The molecule has 1 aromatic heterocycles. The van der Waals surface area contributed by atoms with E-state index >= 15 is 0 Å². The van der Waals surface area contributed by atoms with E-state index in [2.05, 4.69) is 4.90 Å². The number of carbonyl (C=O) groups excluding carboxylic acids is 1. The van der Waals surface area contributed by atoms with Crippen molar-refractivity contribution in [1.29, 1.82) is 0 Å². The number of nitrogens with zero attached hydrogens (tertiary/aromatic N) is 2. The Bertz CT molecular complexity index is 752. The van der Waals surface area contributed by atoms with Crippen molar-refractivity contribution < 1.29 is 19.4 Å². The summed E-state index contributed by atoms with van der Waals surface area (Å²) in [6, 6.07) is 4.36. The van der Waals surface area contributed by atoms with Crippen LogP contribution < -0.4 is 10.5 Å². The van der Waals surface area contributed by atoms with Crippen LogP contribution in [0.5, 0.6) is 5.75 Å². The molecule has 7 nitrogen and oxygen atoms in total. The van der Waals surface area contributed by atoms with E-state index in [1.807, 2.05) is 20.2 Å². The number of ether oxygens (including phenoxy) is 1. The topological polar surface area (TPSA) is 97.8 Å². The predicted molar refractivity (Wildman–Crippen MR) is 91.6 cm³/mol. The Hall–Kier alpha value is -2.38. The molecule has 1 unspecified atom stereocenters. The Kier molecular flexibility index (Phi) is 5.58. The van der Waals surface area contributed by atoms with Crippen molar-refractivity contribution in [2.45, 2.75) is 18.9 Å². The molecule has 0 aliphatic carbocycles. The van der Waals surface area contributed by atoms with Gasteiger partial charge in [0.1, 0.15) is 5.75 Å². The fraction of sp³-hybridized carbons (Fsp3) is 0.412. The molecule has 7 heteroatoms. The average Bonchev–Trinajstić information content (AvgIpc) is 2.89. The van der Waals surface area contributed by atoms with Gasteiger partial charge in [-0.15, -0.1) is 0 Å². The van der Waals surface area contributed by atoms with E-state index in [0.29, 0.717) is 11.3 Å². The molecule has 0 spiro atoms. The van der Waals surface area contributed by atoms with Gasteiger partial charge in [0, 0.05) is 18.1 Å². The molecule has 1 heterocycles.